The summed E-state index contributed by atoms with van der Waals surface area (Å²) in [5.74, 6) is -0.264. The SMILES string of the molecule is [CH2-]CN(C[CH2-])CCOC(=O)c1ccc(O)cc1.[Y]. The Morgan fingerprint density at radius 2 is 1.78 bits per heavy atom. The minimum absolute atomic E-state index is 0. The third-order valence-electron chi connectivity index (χ3n) is 2.38. The molecule has 0 spiro atoms. The molecule has 1 rings (SSSR count). The van der Waals surface area contributed by atoms with E-state index in [1.165, 1.54) is 24.3 Å². The summed E-state index contributed by atoms with van der Waals surface area (Å²) in [5, 5.41) is 9.08. The Hall–Kier alpha value is -0.446. The van der Waals surface area contributed by atoms with Crippen LogP contribution in [0.4, 0.5) is 0 Å². The number of hydrogen-bond acceptors (Lipinski definition) is 4. The average molecular weight is 324 g/mol. The van der Waals surface area contributed by atoms with E-state index in [1.54, 1.807) is 0 Å². The van der Waals surface area contributed by atoms with Gasteiger partial charge in [0.2, 0.25) is 0 Å². The zero-order valence-corrected chi connectivity index (χ0v) is 13.2. The molecule has 0 saturated carbocycles. The number of ether oxygens (including phenoxy) is 1. The quantitative estimate of drug-likeness (QED) is 0.637. The maximum absolute atomic E-state index is 11.6. The number of aromatic hydroxyl groups is 1. The second kappa shape index (κ2) is 9.48. The van der Waals surface area contributed by atoms with Gasteiger partial charge in [-0.15, -0.1) is 13.1 Å². The van der Waals surface area contributed by atoms with Gasteiger partial charge in [-0.3, -0.25) is 0 Å². The third kappa shape index (κ3) is 5.94. The predicted octanol–water partition coefficient (Wildman–Crippen LogP) is 1.52. The van der Waals surface area contributed by atoms with Crippen LogP contribution in [0.2, 0.25) is 0 Å². The van der Waals surface area contributed by atoms with Crippen LogP contribution in [0, 0.1) is 13.8 Å². The number of esters is 1. The Kier molecular flexibility index (Phi) is 9.24. The number of phenols is 1. The summed E-state index contributed by atoms with van der Waals surface area (Å²) in [7, 11) is 0. The van der Waals surface area contributed by atoms with Crippen LogP contribution in [0.1, 0.15) is 10.4 Å². The third-order valence-corrected chi connectivity index (χ3v) is 2.38. The molecular formula is C13H17NO3Y-2. The molecule has 0 atom stereocenters. The smallest absolute Gasteiger partial charge is 0.338 e. The van der Waals surface area contributed by atoms with E-state index in [9.17, 15) is 4.79 Å². The topological polar surface area (TPSA) is 49.8 Å². The molecule has 5 heteroatoms. The summed E-state index contributed by atoms with van der Waals surface area (Å²) in [6, 6.07) is 5.96. The van der Waals surface area contributed by atoms with E-state index in [2.05, 4.69) is 13.8 Å². The maximum Gasteiger partial charge on any atom is 0.338 e. The second-order valence-electron chi connectivity index (χ2n) is 3.52. The van der Waals surface area contributed by atoms with Gasteiger partial charge < -0.3 is 28.6 Å². The molecule has 97 valence electrons. The van der Waals surface area contributed by atoms with Crippen molar-refractivity contribution in [1.29, 1.82) is 0 Å². The van der Waals surface area contributed by atoms with E-state index in [-0.39, 0.29) is 38.5 Å². The van der Waals surface area contributed by atoms with Crippen LogP contribution in [0.15, 0.2) is 24.3 Å². The van der Waals surface area contributed by atoms with Gasteiger partial charge in [-0.2, -0.15) is 0 Å². The normalized spacial score (nSPS) is 9.94. The first-order valence-electron chi connectivity index (χ1n) is 5.44. The number of carbonyl (C=O) groups excluding carboxylic acids is 1. The molecule has 0 aliphatic carbocycles. The van der Waals surface area contributed by atoms with Crippen LogP contribution >= 0.6 is 0 Å². The standard InChI is InChI=1S/C13H17NO3.Y/c1-3-14(4-2)9-10-17-13(16)11-5-7-12(15)8-6-11;/h5-8,15H,1-4,9-10H2;/q-2;. The van der Waals surface area contributed by atoms with Crippen LogP contribution in [0.5, 0.6) is 5.75 Å². The van der Waals surface area contributed by atoms with Crippen molar-refractivity contribution >= 4 is 5.97 Å². The number of nitrogens with zero attached hydrogens (tertiary/aromatic N) is 1. The van der Waals surface area contributed by atoms with E-state index in [4.69, 9.17) is 9.84 Å². The minimum Gasteiger partial charge on any atom is -0.508 e. The second-order valence-corrected chi connectivity index (χ2v) is 3.52. The van der Waals surface area contributed by atoms with Gasteiger partial charge in [0.25, 0.3) is 0 Å². The van der Waals surface area contributed by atoms with Crippen molar-refractivity contribution in [2.45, 2.75) is 0 Å². The fraction of sp³-hybridized carbons (Fsp3) is 0.308. The average Bonchev–Trinajstić information content (AvgIpc) is 2.35. The summed E-state index contributed by atoms with van der Waals surface area (Å²) in [6.45, 7) is 9.69. The van der Waals surface area contributed by atoms with Crippen LogP contribution in [-0.4, -0.2) is 42.2 Å². The van der Waals surface area contributed by atoms with Crippen molar-refractivity contribution in [2.24, 2.45) is 0 Å². The first kappa shape index (κ1) is 17.6. The van der Waals surface area contributed by atoms with Crippen LogP contribution in [0.25, 0.3) is 0 Å². The number of phenolic OH excluding ortho intramolecular Hbond substituents is 1. The number of rotatable bonds is 6. The molecule has 0 aliphatic rings. The zero-order chi connectivity index (χ0) is 12.7. The molecule has 4 nitrogen and oxygen atoms in total. The number of hydrogen-bond donors (Lipinski definition) is 1. The van der Waals surface area contributed by atoms with Gasteiger partial charge >= 0.3 is 5.97 Å². The molecule has 1 N–H and O–H groups in total. The van der Waals surface area contributed by atoms with Crippen molar-refractivity contribution in [2.75, 3.05) is 26.2 Å². The molecule has 0 heterocycles. The van der Waals surface area contributed by atoms with Crippen LogP contribution < -0.4 is 0 Å². The maximum atomic E-state index is 11.6. The van der Waals surface area contributed by atoms with Crippen molar-refractivity contribution < 1.29 is 47.3 Å². The monoisotopic (exact) mass is 324 g/mol. The van der Waals surface area contributed by atoms with E-state index in [0.29, 0.717) is 31.8 Å². The van der Waals surface area contributed by atoms with Crippen LogP contribution in [-0.2, 0) is 37.4 Å². The molecule has 0 fully saturated rings. The Labute approximate surface area is 133 Å². The van der Waals surface area contributed by atoms with Crippen molar-refractivity contribution in [1.82, 2.24) is 4.90 Å². The molecular weight excluding hydrogens is 307 g/mol. The zero-order valence-electron chi connectivity index (χ0n) is 10.3. The van der Waals surface area contributed by atoms with E-state index >= 15 is 0 Å². The Morgan fingerprint density at radius 3 is 2.28 bits per heavy atom. The molecule has 0 bridgehead atoms. The Morgan fingerprint density at radius 1 is 1.22 bits per heavy atom. The van der Waals surface area contributed by atoms with Gasteiger partial charge in [-0.05, 0) is 24.3 Å². The summed E-state index contributed by atoms with van der Waals surface area (Å²) in [5.41, 5.74) is 0.429. The predicted molar refractivity (Wildman–Crippen MR) is 65.5 cm³/mol. The summed E-state index contributed by atoms with van der Waals surface area (Å²) in [6.07, 6.45) is 0. The molecule has 0 aliphatic heterocycles. The van der Waals surface area contributed by atoms with Gasteiger partial charge in [0.05, 0.1) is 5.56 Å². The summed E-state index contributed by atoms with van der Waals surface area (Å²) < 4.78 is 5.08. The minimum atomic E-state index is -0.391. The van der Waals surface area contributed by atoms with Crippen molar-refractivity contribution in [3.05, 3.63) is 43.7 Å². The molecule has 1 aromatic carbocycles. The van der Waals surface area contributed by atoms with Gasteiger partial charge in [0.15, 0.2) is 0 Å². The Balaban J connectivity index is 0.00000289. The summed E-state index contributed by atoms with van der Waals surface area (Å²) in [4.78, 5) is 13.5. The summed E-state index contributed by atoms with van der Waals surface area (Å²) >= 11 is 0. The first-order chi connectivity index (χ1) is 8.17. The molecule has 0 aromatic heterocycles. The molecule has 18 heavy (non-hydrogen) atoms. The fourth-order valence-corrected chi connectivity index (χ4v) is 1.28. The van der Waals surface area contributed by atoms with Crippen molar-refractivity contribution in [3.63, 3.8) is 0 Å². The van der Waals surface area contributed by atoms with Gasteiger partial charge in [0, 0.05) is 39.3 Å². The van der Waals surface area contributed by atoms with E-state index in [1.807, 2.05) is 4.90 Å². The molecule has 0 unspecified atom stereocenters. The molecule has 0 amide bonds. The number of benzene rings is 1. The van der Waals surface area contributed by atoms with Crippen LogP contribution in [0.3, 0.4) is 0 Å². The fourth-order valence-electron chi connectivity index (χ4n) is 1.28. The first-order valence-corrected chi connectivity index (χ1v) is 5.44. The number of carbonyl (C=O) groups is 1. The molecule has 0 saturated heterocycles. The Bertz CT molecular complexity index is 350. The van der Waals surface area contributed by atoms with Gasteiger partial charge in [-0.1, -0.05) is 0 Å². The van der Waals surface area contributed by atoms with Gasteiger partial charge in [0.1, 0.15) is 12.4 Å². The van der Waals surface area contributed by atoms with Gasteiger partial charge in [-0.25, -0.2) is 4.79 Å². The molecule has 1 aromatic rings. The largest absolute Gasteiger partial charge is 0.508 e. The molecule has 1 radical (unpaired) electrons. The van der Waals surface area contributed by atoms with E-state index in [0.717, 1.165) is 0 Å². The van der Waals surface area contributed by atoms with Crippen molar-refractivity contribution in [3.8, 4) is 5.75 Å². The van der Waals surface area contributed by atoms with E-state index < -0.39 is 5.97 Å².